The highest BCUT2D eigenvalue weighted by molar-refractivity contribution is 6.30. The molecule has 1 saturated carbocycles. The summed E-state index contributed by atoms with van der Waals surface area (Å²) in [6, 6.07) is 3.73. The molecule has 0 radical (unpaired) electrons. The minimum atomic E-state index is -0.124. The van der Waals surface area contributed by atoms with Crippen LogP contribution in [0, 0.1) is 0 Å². The van der Waals surface area contributed by atoms with Gasteiger partial charge in [-0.2, -0.15) is 0 Å². The van der Waals surface area contributed by atoms with Gasteiger partial charge in [-0.1, -0.05) is 11.6 Å². The van der Waals surface area contributed by atoms with Crippen molar-refractivity contribution in [3.63, 3.8) is 0 Å². The monoisotopic (exact) mass is 312 g/mol. The van der Waals surface area contributed by atoms with Gasteiger partial charge < -0.3 is 20.5 Å². The zero-order chi connectivity index (χ0) is 15.4. The van der Waals surface area contributed by atoms with Crippen molar-refractivity contribution in [1.29, 1.82) is 0 Å². The Hall–Kier alpha value is -1.46. The maximum atomic E-state index is 11.7. The van der Waals surface area contributed by atoms with Gasteiger partial charge in [0.1, 0.15) is 0 Å². The van der Waals surface area contributed by atoms with E-state index in [1.165, 1.54) is 0 Å². The SMILES string of the molecule is COc1cc(Cl)cc(CC(C)N)c1OCC(=O)NC1CC1. The average molecular weight is 313 g/mol. The van der Waals surface area contributed by atoms with Gasteiger partial charge in [0.15, 0.2) is 18.1 Å². The summed E-state index contributed by atoms with van der Waals surface area (Å²) in [5.41, 5.74) is 6.69. The van der Waals surface area contributed by atoms with E-state index in [9.17, 15) is 4.79 Å². The van der Waals surface area contributed by atoms with Gasteiger partial charge in [0, 0.05) is 28.7 Å². The number of hydrogen-bond acceptors (Lipinski definition) is 4. The van der Waals surface area contributed by atoms with Crippen LogP contribution in [-0.2, 0) is 11.2 Å². The lowest BCUT2D eigenvalue weighted by Crippen LogP contribution is -2.30. The molecular weight excluding hydrogens is 292 g/mol. The number of benzene rings is 1. The molecule has 0 heterocycles. The summed E-state index contributed by atoms with van der Waals surface area (Å²) >= 11 is 6.07. The highest BCUT2D eigenvalue weighted by Crippen LogP contribution is 2.35. The Morgan fingerprint density at radius 1 is 1.52 bits per heavy atom. The largest absolute Gasteiger partial charge is 0.493 e. The molecule has 1 aromatic rings. The molecule has 1 unspecified atom stereocenters. The number of halogens is 1. The molecule has 0 aliphatic heterocycles. The molecule has 6 heteroatoms. The first-order valence-electron chi connectivity index (χ1n) is 7.03. The van der Waals surface area contributed by atoms with Gasteiger partial charge in [0.05, 0.1) is 7.11 Å². The molecule has 0 spiro atoms. The van der Waals surface area contributed by atoms with E-state index in [0.717, 1.165) is 18.4 Å². The lowest BCUT2D eigenvalue weighted by atomic mass is 10.1. The van der Waals surface area contributed by atoms with Crippen molar-refractivity contribution < 1.29 is 14.3 Å². The maximum Gasteiger partial charge on any atom is 0.258 e. The smallest absolute Gasteiger partial charge is 0.258 e. The molecule has 0 bridgehead atoms. The maximum absolute atomic E-state index is 11.7. The summed E-state index contributed by atoms with van der Waals surface area (Å²) in [7, 11) is 1.54. The normalized spacial score (nSPS) is 15.4. The number of amides is 1. The topological polar surface area (TPSA) is 73.6 Å². The van der Waals surface area contributed by atoms with Crippen LogP contribution in [0.2, 0.25) is 5.02 Å². The highest BCUT2D eigenvalue weighted by atomic mass is 35.5. The number of hydrogen-bond donors (Lipinski definition) is 2. The molecule has 1 aliphatic rings. The second-order valence-electron chi connectivity index (χ2n) is 5.41. The Kier molecular flexibility index (Phi) is 5.31. The fourth-order valence-electron chi connectivity index (χ4n) is 2.07. The van der Waals surface area contributed by atoms with E-state index in [1.54, 1.807) is 19.2 Å². The van der Waals surface area contributed by atoms with Gasteiger partial charge in [0.25, 0.3) is 5.91 Å². The van der Waals surface area contributed by atoms with Crippen LogP contribution in [0.5, 0.6) is 11.5 Å². The summed E-state index contributed by atoms with van der Waals surface area (Å²) in [4.78, 5) is 11.7. The number of carbonyl (C=O) groups excluding carboxylic acids is 1. The number of methoxy groups -OCH3 is 1. The number of nitrogens with two attached hydrogens (primary N) is 1. The second-order valence-corrected chi connectivity index (χ2v) is 5.84. The van der Waals surface area contributed by atoms with Crippen molar-refractivity contribution in [3.05, 3.63) is 22.7 Å². The van der Waals surface area contributed by atoms with Gasteiger partial charge in [-0.25, -0.2) is 0 Å². The summed E-state index contributed by atoms with van der Waals surface area (Å²) < 4.78 is 10.9. The standard InChI is InChI=1S/C15H21ClN2O3/c1-9(17)5-10-6-11(16)7-13(20-2)15(10)21-8-14(19)18-12-3-4-12/h6-7,9,12H,3-5,8,17H2,1-2H3,(H,18,19). The number of ether oxygens (including phenoxy) is 2. The molecule has 1 fully saturated rings. The fraction of sp³-hybridized carbons (Fsp3) is 0.533. The lowest BCUT2D eigenvalue weighted by molar-refractivity contribution is -0.123. The molecule has 1 aromatic carbocycles. The molecule has 0 saturated heterocycles. The van der Waals surface area contributed by atoms with Gasteiger partial charge >= 0.3 is 0 Å². The van der Waals surface area contributed by atoms with E-state index in [-0.39, 0.29) is 18.6 Å². The van der Waals surface area contributed by atoms with Crippen molar-refractivity contribution in [3.8, 4) is 11.5 Å². The van der Waals surface area contributed by atoms with Crippen molar-refractivity contribution in [2.24, 2.45) is 5.73 Å². The van der Waals surface area contributed by atoms with E-state index in [4.69, 9.17) is 26.8 Å². The third-order valence-electron chi connectivity index (χ3n) is 3.15. The molecule has 0 aromatic heterocycles. The van der Waals surface area contributed by atoms with E-state index in [1.807, 2.05) is 6.92 Å². The van der Waals surface area contributed by atoms with Crippen LogP contribution in [0.25, 0.3) is 0 Å². The molecular formula is C15H21ClN2O3. The number of rotatable bonds is 7. The third-order valence-corrected chi connectivity index (χ3v) is 3.37. The van der Waals surface area contributed by atoms with Crippen LogP contribution >= 0.6 is 11.6 Å². The van der Waals surface area contributed by atoms with Crippen LogP contribution in [0.15, 0.2) is 12.1 Å². The first-order valence-corrected chi connectivity index (χ1v) is 7.41. The molecule has 116 valence electrons. The molecule has 1 amide bonds. The molecule has 21 heavy (non-hydrogen) atoms. The Balaban J connectivity index is 2.11. The summed E-state index contributed by atoms with van der Waals surface area (Å²) in [5, 5.41) is 3.43. The summed E-state index contributed by atoms with van der Waals surface area (Å²) in [6.07, 6.45) is 2.69. The predicted octanol–water partition coefficient (Wildman–Crippen LogP) is 1.90. The summed E-state index contributed by atoms with van der Waals surface area (Å²) in [5.74, 6) is 0.920. The zero-order valence-corrected chi connectivity index (χ0v) is 13.1. The molecule has 3 N–H and O–H groups in total. The molecule has 5 nitrogen and oxygen atoms in total. The number of nitrogens with one attached hydrogen (secondary N) is 1. The lowest BCUT2D eigenvalue weighted by Gasteiger charge is -2.17. The molecule has 2 rings (SSSR count). The third kappa shape index (κ3) is 4.79. The van der Waals surface area contributed by atoms with Crippen LogP contribution < -0.4 is 20.5 Å². The zero-order valence-electron chi connectivity index (χ0n) is 12.3. The van der Waals surface area contributed by atoms with Gasteiger partial charge in [0.2, 0.25) is 0 Å². The van der Waals surface area contributed by atoms with Crippen molar-refractivity contribution in [2.75, 3.05) is 13.7 Å². The van der Waals surface area contributed by atoms with Crippen LogP contribution in [-0.4, -0.2) is 31.7 Å². The van der Waals surface area contributed by atoms with Gasteiger partial charge in [-0.15, -0.1) is 0 Å². The quantitative estimate of drug-likeness (QED) is 0.806. The van der Waals surface area contributed by atoms with E-state index < -0.39 is 0 Å². The average Bonchev–Trinajstić information content (AvgIpc) is 3.20. The summed E-state index contributed by atoms with van der Waals surface area (Å²) in [6.45, 7) is 1.86. The van der Waals surface area contributed by atoms with Crippen molar-refractivity contribution >= 4 is 17.5 Å². The minimum Gasteiger partial charge on any atom is -0.493 e. The Bertz CT molecular complexity index is 516. The Morgan fingerprint density at radius 3 is 2.81 bits per heavy atom. The Morgan fingerprint density at radius 2 is 2.24 bits per heavy atom. The second kappa shape index (κ2) is 7.00. The first kappa shape index (κ1) is 15.9. The van der Waals surface area contributed by atoms with Crippen LogP contribution in [0.3, 0.4) is 0 Å². The molecule has 1 aliphatic carbocycles. The minimum absolute atomic E-state index is 0.0412. The number of carbonyl (C=O) groups is 1. The van der Waals surface area contributed by atoms with Crippen molar-refractivity contribution in [2.45, 2.75) is 38.3 Å². The van der Waals surface area contributed by atoms with Crippen LogP contribution in [0.4, 0.5) is 0 Å². The Labute approximate surface area is 129 Å². The van der Waals surface area contributed by atoms with Crippen LogP contribution in [0.1, 0.15) is 25.3 Å². The first-order chi connectivity index (χ1) is 9.99. The molecule has 1 atom stereocenters. The predicted molar refractivity (Wildman–Crippen MR) is 82.0 cm³/mol. The van der Waals surface area contributed by atoms with Gasteiger partial charge in [-0.05, 0) is 32.3 Å². The van der Waals surface area contributed by atoms with Crippen molar-refractivity contribution in [1.82, 2.24) is 5.32 Å². The van der Waals surface area contributed by atoms with E-state index >= 15 is 0 Å². The van der Waals surface area contributed by atoms with E-state index in [2.05, 4.69) is 5.32 Å². The van der Waals surface area contributed by atoms with Gasteiger partial charge in [-0.3, -0.25) is 4.79 Å². The highest BCUT2D eigenvalue weighted by Gasteiger charge is 2.24. The van der Waals surface area contributed by atoms with E-state index in [0.29, 0.717) is 29.0 Å². The fourth-order valence-corrected chi connectivity index (χ4v) is 2.30.